The molecule has 1 heterocycles. The monoisotopic (exact) mass is 305 g/mol. The molecule has 0 bridgehead atoms. The van der Waals surface area contributed by atoms with Crippen LogP contribution in [0.15, 0.2) is 0 Å². The lowest BCUT2D eigenvalue weighted by molar-refractivity contribution is -0.139. The quantitative estimate of drug-likeness (QED) is 0.735. The Kier molecular flexibility index (Phi) is 6.49. The molecule has 1 amide bonds. The van der Waals surface area contributed by atoms with E-state index in [9.17, 15) is 4.79 Å². The number of carbonyl (C=O) groups is 1. The summed E-state index contributed by atoms with van der Waals surface area (Å²) in [4.78, 5) is 12.0. The molecule has 0 saturated carbocycles. The van der Waals surface area contributed by atoms with Gasteiger partial charge in [-0.05, 0) is 38.5 Å². The zero-order valence-corrected chi connectivity index (χ0v) is 12.5. The zero-order valence-electron chi connectivity index (χ0n) is 10.9. The van der Waals surface area contributed by atoms with Crippen molar-refractivity contribution in [2.24, 2.45) is 5.92 Å². The number of ether oxygens (including phenoxy) is 1. The number of nitrogens with one attached hydrogen (secondary N) is 1. The number of rotatable bonds is 7. The van der Waals surface area contributed by atoms with Crippen LogP contribution in [0, 0.1) is 5.92 Å². The minimum absolute atomic E-state index is 0.0608. The van der Waals surface area contributed by atoms with Crippen LogP contribution in [0.2, 0.25) is 0 Å². The fourth-order valence-corrected chi connectivity index (χ4v) is 2.94. The zero-order chi connectivity index (χ0) is 12.7. The van der Waals surface area contributed by atoms with E-state index < -0.39 is 5.60 Å². The molecule has 4 heteroatoms. The minimum Gasteiger partial charge on any atom is -0.365 e. The van der Waals surface area contributed by atoms with E-state index in [2.05, 4.69) is 28.2 Å². The van der Waals surface area contributed by atoms with Crippen LogP contribution in [0.5, 0.6) is 0 Å². The van der Waals surface area contributed by atoms with Crippen molar-refractivity contribution in [3.63, 3.8) is 0 Å². The SMILES string of the molecule is CCCC(CCBr)CNC(=O)C1(C)CCCO1. The predicted octanol–water partition coefficient (Wildman–Crippen LogP) is 2.87. The number of hydrogen-bond acceptors (Lipinski definition) is 2. The second-order valence-electron chi connectivity index (χ2n) is 5.03. The van der Waals surface area contributed by atoms with Crippen LogP contribution in [0.3, 0.4) is 0 Å². The summed E-state index contributed by atoms with van der Waals surface area (Å²) in [7, 11) is 0. The Hall–Kier alpha value is -0.0900. The second-order valence-corrected chi connectivity index (χ2v) is 5.82. The molecule has 1 rings (SSSR count). The van der Waals surface area contributed by atoms with Crippen molar-refractivity contribution in [2.75, 3.05) is 18.5 Å². The van der Waals surface area contributed by atoms with Gasteiger partial charge in [-0.2, -0.15) is 0 Å². The maximum Gasteiger partial charge on any atom is 0.251 e. The van der Waals surface area contributed by atoms with Crippen molar-refractivity contribution in [3.05, 3.63) is 0 Å². The first-order valence-corrected chi connectivity index (χ1v) is 7.72. The average Bonchev–Trinajstić information content (AvgIpc) is 2.74. The van der Waals surface area contributed by atoms with E-state index in [1.54, 1.807) is 0 Å². The summed E-state index contributed by atoms with van der Waals surface area (Å²) in [6, 6.07) is 0. The van der Waals surface area contributed by atoms with E-state index in [0.29, 0.717) is 12.5 Å². The molecule has 1 aliphatic heterocycles. The van der Waals surface area contributed by atoms with E-state index in [4.69, 9.17) is 4.74 Å². The van der Waals surface area contributed by atoms with Gasteiger partial charge in [-0.1, -0.05) is 29.3 Å². The first-order chi connectivity index (χ1) is 8.12. The Labute approximate surface area is 113 Å². The molecule has 100 valence electrons. The third-order valence-electron chi connectivity index (χ3n) is 3.46. The van der Waals surface area contributed by atoms with Gasteiger partial charge in [0.2, 0.25) is 0 Å². The van der Waals surface area contributed by atoms with Crippen molar-refractivity contribution < 1.29 is 9.53 Å². The topological polar surface area (TPSA) is 38.3 Å². The summed E-state index contributed by atoms with van der Waals surface area (Å²) in [6.45, 7) is 5.57. The van der Waals surface area contributed by atoms with Gasteiger partial charge in [0, 0.05) is 18.5 Å². The number of hydrogen-bond donors (Lipinski definition) is 1. The maximum atomic E-state index is 12.0. The molecule has 2 unspecified atom stereocenters. The van der Waals surface area contributed by atoms with Crippen LogP contribution in [0.25, 0.3) is 0 Å². The van der Waals surface area contributed by atoms with Gasteiger partial charge >= 0.3 is 0 Å². The summed E-state index contributed by atoms with van der Waals surface area (Å²) in [5.74, 6) is 0.638. The third kappa shape index (κ3) is 4.59. The number of amides is 1. The van der Waals surface area contributed by atoms with E-state index in [-0.39, 0.29) is 5.91 Å². The third-order valence-corrected chi connectivity index (χ3v) is 3.92. The molecule has 1 fully saturated rings. The predicted molar refractivity (Wildman–Crippen MR) is 73.4 cm³/mol. The Morgan fingerprint density at radius 3 is 2.82 bits per heavy atom. The Balaban J connectivity index is 2.34. The van der Waals surface area contributed by atoms with Crippen molar-refractivity contribution in [1.29, 1.82) is 0 Å². The Morgan fingerprint density at radius 1 is 1.53 bits per heavy atom. The average molecular weight is 306 g/mol. The first-order valence-electron chi connectivity index (χ1n) is 6.60. The molecule has 3 nitrogen and oxygen atoms in total. The van der Waals surface area contributed by atoms with Gasteiger partial charge in [-0.25, -0.2) is 0 Å². The fraction of sp³-hybridized carbons (Fsp3) is 0.923. The minimum atomic E-state index is -0.578. The molecular weight excluding hydrogens is 282 g/mol. The fourth-order valence-electron chi connectivity index (χ4n) is 2.29. The molecule has 1 N–H and O–H groups in total. The molecule has 0 aromatic heterocycles. The summed E-state index contributed by atoms with van der Waals surface area (Å²) >= 11 is 3.47. The second kappa shape index (κ2) is 7.37. The van der Waals surface area contributed by atoms with Crippen molar-refractivity contribution in [1.82, 2.24) is 5.32 Å². The lowest BCUT2D eigenvalue weighted by atomic mass is 9.98. The summed E-state index contributed by atoms with van der Waals surface area (Å²) in [6.07, 6.45) is 5.29. The molecular formula is C13H24BrNO2. The smallest absolute Gasteiger partial charge is 0.251 e. The highest BCUT2D eigenvalue weighted by Crippen LogP contribution is 2.25. The van der Waals surface area contributed by atoms with Crippen molar-refractivity contribution >= 4 is 21.8 Å². The van der Waals surface area contributed by atoms with Crippen LogP contribution in [0.1, 0.15) is 46.0 Å². The van der Waals surface area contributed by atoms with E-state index >= 15 is 0 Å². The summed E-state index contributed by atoms with van der Waals surface area (Å²) in [5.41, 5.74) is -0.578. The van der Waals surface area contributed by atoms with Gasteiger partial charge in [0.15, 0.2) is 0 Å². The Morgan fingerprint density at radius 2 is 2.29 bits per heavy atom. The standard InChI is InChI=1S/C13H24BrNO2/c1-3-5-11(6-8-14)10-15-12(16)13(2)7-4-9-17-13/h11H,3-10H2,1-2H3,(H,15,16). The molecule has 1 aliphatic rings. The van der Waals surface area contributed by atoms with Crippen LogP contribution in [0.4, 0.5) is 0 Å². The largest absolute Gasteiger partial charge is 0.365 e. The van der Waals surface area contributed by atoms with Crippen molar-refractivity contribution in [3.8, 4) is 0 Å². The number of halogens is 1. The number of carbonyl (C=O) groups excluding carboxylic acids is 1. The molecule has 0 aliphatic carbocycles. The molecule has 0 radical (unpaired) electrons. The van der Waals surface area contributed by atoms with Gasteiger partial charge in [-0.15, -0.1) is 0 Å². The number of alkyl halides is 1. The van der Waals surface area contributed by atoms with Crippen LogP contribution < -0.4 is 5.32 Å². The van der Waals surface area contributed by atoms with Gasteiger partial charge in [-0.3, -0.25) is 4.79 Å². The van der Waals surface area contributed by atoms with Crippen LogP contribution in [-0.2, 0) is 9.53 Å². The van der Waals surface area contributed by atoms with E-state index in [1.165, 1.54) is 12.8 Å². The van der Waals surface area contributed by atoms with Gasteiger partial charge in [0.25, 0.3) is 5.91 Å². The highest BCUT2D eigenvalue weighted by Gasteiger charge is 2.37. The molecule has 0 aromatic carbocycles. The highest BCUT2D eigenvalue weighted by atomic mass is 79.9. The lowest BCUT2D eigenvalue weighted by Gasteiger charge is -2.24. The lowest BCUT2D eigenvalue weighted by Crippen LogP contribution is -2.45. The maximum absolute atomic E-state index is 12.0. The first kappa shape index (κ1) is 15.0. The van der Waals surface area contributed by atoms with E-state index in [0.717, 1.165) is 31.1 Å². The van der Waals surface area contributed by atoms with Gasteiger partial charge < -0.3 is 10.1 Å². The van der Waals surface area contributed by atoms with Crippen LogP contribution >= 0.6 is 15.9 Å². The molecule has 2 atom stereocenters. The van der Waals surface area contributed by atoms with Crippen LogP contribution in [-0.4, -0.2) is 30.0 Å². The normalized spacial score (nSPS) is 25.8. The highest BCUT2D eigenvalue weighted by molar-refractivity contribution is 9.09. The van der Waals surface area contributed by atoms with E-state index in [1.807, 2.05) is 6.92 Å². The van der Waals surface area contributed by atoms with Gasteiger partial charge in [0.1, 0.15) is 5.60 Å². The Bertz CT molecular complexity index is 234. The summed E-state index contributed by atoms with van der Waals surface area (Å²) in [5, 5.41) is 4.05. The van der Waals surface area contributed by atoms with Gasteiger partial charge in [0.05, 0.1) is 0 Å². The summed E-state index contributed by atoms with van der Waals surface area (Å²) < 4.78 is 5.53. The van der Waals surface area contributed by atoms with Crippen molar-refractivity contribution in [2.45, 2.75) is 51.6 Å². The molecule has 0 aromatic rings. The molecule has 17 heavy (non-hydrogen) atoms. The molecule has 1 saturated heterocycles. The molecule has 0 spiro atoms.